The lowest BCUT2D eigenvalue weighted by Crippen LogP contribution is -2.19. The van der Waals surface area contributed by atoms with Crippen LogP contribution in [0.2, 0.25) is 0 Å². The Morgan fingerprint density at radius 3 is 2.26 bits per heavy atom. The Bertz CT molecular complexity index is 1610. The van der Waals surface area contributed by atoms with Gasteiger partial charge in [0.15, 0.2) is 5.65 Å². The zero-order valence-corrected chi connectivity index (χ0v) is 19.7. The molecule has 2 amide bonds. The second kappa shape index (κ2) is 9.81. The number of amides is 2. The van der Waals surface area contributed by atoms with E-state index in [1.807, 2.05) is 6.92 Å². The van der Waals surface area contributed by atoms with Crippen molar-refractivity contribution in [1.29, 1.82) is 0 Å². The second-order valence-corrected chi connectivity index (χ2v) is 8.25. The third-order valence-corrected chi connectivity index (χ3v) is 5.56. The number of urea groups is 1. The highest BCUT2D eigenvalue weighted by Crippen LogP contribution is 2.31. The molecule has 5 rings (SSSR count). The van der Waals surface area contributed by atoms with Crippen LogP contribution in [0.25, 0.3) is 16.7 Å². The van der Waals surface area contributed by atoms with Gasteiger partial charge < -0.3 is 16.0 Å². The molecular weight excluding hydrogens is 502 g/mol. The topological polar surface area (TPSA) is 96.8 Å². The summed E-state index contributed by atoms with van der Waals surface area (Å²) < 4.78 is 53.6. The fraction of sp³-hybridized carbons (Fsp3) is 0.0769. The number of aryl methyl sites for hydroxylation is 1. The molecule has 38 heavy (non-hydrogen) atoms. The first-order valence-electron chi connectivity index (χ1n) is 11.3. The number of rotatable bonds is 5. The number of benzene rings is 3. The molecule has 2 heterocycles. The van der Waals surface area contributed by atoms with Crippen molar-refractivity contribution in [3.63, 3.8) is 0 Å². The number of carbonyl (C=O) groups excluding carboxylic acids is 1. The number of nitrogens with zero attached hydrogens (tertiary/aromatic N) is 4. The summed E-state index contributed by atoms with van der Waals surface area (Å²) in [4.78, 5) is 20.9. The molecule has 0 aliphatic heterocycles. The minimum Gasteiger partial charge on any atom is -0.340 e. The second-order valence-electron chi connectivity index (χ2n) is 8.25. The van der Waals surface area contributed by atoms with E-state index in [1.165, 1.54) is 30.6 Å². The summed E-state index contributed by atoms with van der Waals surface area (Å²) in [6, 6.07) is 16.2. The summed E-state index contributed by atoms with van der Waals surface area (Å²) in [7, 11) is 0. The normalized spacial score (nSPS) is 11.4. The molecule has 0 spiro atoms. The summed E-state index contributed by atoms with van der Waals surface area (Å²) in [5.74, 6) is 0.147. The van der Waals surface area contributed by atoms with Crippen LogP contribution in [0.5, 0.6) is 0 Å². The molecule has 0 atom stereocenters. The van der Waals surface area contributed by atoms with Gasteiger partial charge in [-0.2, -0.15) is 18.3 Å². The number of halogens is 4. The van der Waals surface area contributed by atoms with Crippen molar-refractivity contribution in [1.82, 2.24) is 19.7 Å². The first-order valence-corrected chi connectivity index (χ1v) is 11.3. The molecule has 0 radical (unpaired) electrons. The third-order valence-electron chi connectivity index (χ3n) is 5.56. The number of anilines is 4. The van der Waals surface area contributed by atoms with Crippen LogP contribution in [0.15, 0.2) is 79.1 Å². The van der Waals surface area contributed by atoms with E-state index in [-0.39, 0.29) is 11.5 Å². The smallest absolute Gasteiger partial charge is 0.340 e. The number of carbonyl (C=O) groups is 1. The monoisotopic (exact) mass is 521 g/mol. The Kier molecular flexibility index (Phi) is 6.37. The van der Waals surface area contributed by atoms with Gasteiger partial charge in [-0.3, -0.25) is 0 Å². The number of hydrogen-bond donors (Lipinski definition) is 3. The minimum atomic E-state index is -4.51. The summed E-state index contributed by atoms with van der Waals surface area (Å²) in [5.41, 5.74) is 2.08. The lowest BCUT2D eigenvalue weighted by molar-refractivity contribution is -0.137. The van der Waals surface area contributed by atoms with Gasteiger partial charge in [0.2, 0.25) is 0 Å². The molecule has 8 nitrogen and oxygen atoms in total. The summed E-state index contributed by atoms with van der Waals surface area (Å²) in [6.45, 7) is 1.81. The van der Waals surface area contributed by atoms with Gasteiger partial charge in [0.25, 0.3) is 0 Å². The number of nitrogens with one attached hydrogen (secondary N) is 3. The van der Waals surface area contributed by atoms with Crippen molar-refractivity contribution in [2.45, 2.75) is 13.1 Å². The van der Waals surface area contributed by atoms with Crippen LogP contribution in [0.1, 0.15) is 11.3 Å². The van der Waals surface area contributed by atoms with E-state index < -0.39 is 17.8 Å². The van der Waals surface area contributed by atoms with E-state index in [0.717, 1.165) is 12.1 Å². The quantitative estimate of drug-likeness (QED) is 0.225. The average molecular weight is 521 g/mol. The fourth-order valence-corrected chi connectivity index (χ4v) is 3.81. The van der Waals surface area contributed by atoms with E-state index in [0.29, 0.717) is 39.6 Å². The zero-order chi connectivity index (χ0) is 26.9. The molecule has 0 aliphatic rings. The lowest BCUT2D eigenvalue weighted by Gasteiger charge is -2.11. The molecule has 12 heteroatoms. The molecule has 3 aromatic carbocycles. The Morgan fingerprint density at radius 2 is 1.55 bits per heavy atom. The van der Waals surface area contributed by atoms with Crippen molar-refractivity contribution in [3.05, 3.63) is 96.2 Å². The molecule has 0 saturated heterocycles. The van der Waals surface area contributed by atoms with Gasteiger partial charge in [0, 0.05) is 17.1 Å². The number of hydrogen-bond acceptors (Lipinski definition) is 5. The van der Waals surface area contributed by atoms with Gasteiger partial charge in [0.1, 0.15) is 18.0 Å². The lowest BCUT2D eigenvalue weighted by atomic mass is 10.2. The average Bonchev–Trinajstić information content (AvgIpc) is 3.22. The predicted octanol–water partition coefficient (Wildman–Crippen LogP) is 6.67. The molecule has 2 aromatic heterocycles. The van der Waals surface area contributed by atoms with Crippen molar-refractivity contribution >= 4 is 39.9 Å². The zero-order valence-electron chi connectivity index (χ0n) is 19.7. The van der Waals surface area contributed by atoms with E-state index in [4.69, 9.17) is 0 Å². The maximum atomic E-state index is 13.3. The van der Waals surface area contributed by atoms with Gasteiger partial charge in [-0.05, 0) is 73.7 Å². The maximum absolute atomic E-state index is 13.3. The Hall–Kier alpha value is -5.00. The van der Waals surface area contributed by atoms with Crippen LogP contribution in [0, 0.1) is 12.7 Å². The standard InChI is InChI=1S/C26H19F4N7O/c1-15-22-23(31-14-32-24(22)37(36-15)21-11-5-17(27)6-12-21)33-18-7-9-19(10-8-18)34-25(38)35-20-4-2-3-16(13-20)26(28,29)30/h2-14H,1H3,(H,31,32,33)(H2,34,35,38). The van der Waals surface area contributed by atoms with Crippen molar-refractivity contribution < 1.29 is 22.4 Å². The van der Waals surface area contributed by atoms with Gasteiger partial charge in [-0.25, -0.2) is 23.8 Å². The van der Waals surface area contributed by atoms with Crippen LogP contribution in [0.3, 0.4) is 0 Å². The van der Waals surface area contributed by atoms with Crippen LogP contribution in [-0.4, -0.2) is 25.8 Å². The fourth-order valence-electron chi connectivity index (χ4n) is 3.81. The van der Waals surface area contributed by atoms with E-state index >= 15 is 0 Å². The van der Waals surface area contributed by atoms with Crippen molar-refractivity contribution in [2.24, 2.45) is 0 Å². The Balaban J connectivity index is 1.30. The first-order chi connectivity index (χ1) is 18.2. The van der Waals surface area contributed by atoms with Gasteiger partial charge in [0.05, 0.1) is 22.3 Å². The van der Waals surface area contributed by atoms with Crippen LogP contribution >= 0.6 is 0 Å². The Labute approximate surface area is 213 Å². The first kappa shape index (κ1) is 24.7. The minimum absolute atomic E-state index is 0.0138. The van der Waals surface area contributed by atoms with Crippen molar-refractivity contribution in [2.75, 3.05) is 16.0 Å². The highest BCUT2D eigenvalue weighted by Gasteiger charge is 2.30. The van der Waals surface area contributed by atoms with Gasteiger partial charge in [-0.15, -0.1) is 0 Å². The molecule has 0 unspecified atom stereocenters. The SMILES string of the molecule is Cc1nn(-c2ccc(F)cc2)c2ncnc(Nc3ccc(NC(=O)Nc4cccc(C(F)(F)F)c4)cc3)c12. The molecular formula is C26H19F4N7O. The van der Waals surface area contributed by atoms with Crippen molar-refractivity contribution in [3.8, 4) is 5.69 Å². The maximum Gasteiger partial charge on any atom is 0.416 e. The largest absolute Gasteiger partial charge is 0.416 e. The summed E-state index contributed by atoms with van der Waals surface area (Å²) in [6.07, 6.45) is -3.12. The molecule has 0 fully saturated rings. The van der Waals surface area contributed by atoms with Crippen LogP contribution in [0.4, 0.5) is 45.2 Å². The number of aromatic nitrogens is 4. The molecule has 5 aromatic rings. The molecule has 192 valence electrons. The number of fused-ring (bicyclic) bond motifs is 1. The highest BCUT2D eigenvalue weighted by molar-refractivity contribution is 6.00. The van der Waals surface area contributed by atoms with E-state index in [2.05, 4.69) is 31.0 Å². The Morgan fingerprint density at radius 1 is 0.868 bits per heavy atom. The number of alkyl halides is 3. The molecule has 3 N–H and O–H groups in total. The summed E-state index contributed by atoms with van der Waals surface area (Å²) in [5, 5.41) is 13.4. The van der Waals surface area contributed by atoms with Crippen LogP contribution < -0.4 is 16.0 Å². The highest BCUT2D eigenvalue weighted by atomic mass is 19.4. The van der Waals surface area contributed by atoms with Crippen LogP contribution in [-0.2, 0) is 6.18 Å². The van der Waals surface area contributed by atoms with E-state index in [1.54, 1.807) is 41.1 Å². The molecule has 0 saturated carbocycles. The molecule has 0 bridgehead atoms. The summed E-state index contributed by atoms with van der Waals surface area (Å²) >= 11 is 0. The third kappa shape index (κ3) is 5.24. The predicted molar refractivity (Wildman–Crippen MR) is 135 cm³/mol. The molecule has 0 aliphatic carbocycles. The van der Waals surface area contributed by atoms with Gasteiger partial charge >= 0.3 is 12.2 Å². The van der Waals surface area contributed by atoms with E-state index in [9.17, 15) is 22.4 Å². The van der Waals surface area contributed by atoms with Gasteiger partial charge in [-0.1, -0.05) is 6.07 Å².